The number of benzene rings is 1. The Hall–Kier alpha value is -1.64. The molecular formula is C17H23FO2. The second kappa shape index (κ2) is 7.22. The zero-order valence-electron chi connectivity index (χ0n) is 12.7. The first kappa shape index (κ1) is 16.4. The Bertz CT molecular complexity index is 467. The molecule has 0 spiro atoms. The van der Waals surface area contributed by atoms with Gasteiger partial charge >= 0.3 is 0 Å². The molecule has 0 amide bonds. The van der Waals surface area contributed by atoms with E-state index in [-0.39, 0.29) is 17.8 Å². The van der Waals surface area contributed by atoms with Gasteiger partial charge in [-0.05, 0) is 41.7 Å². The van der Waals surface area contributed by atoms with Crippen LogP contribution in [0.4, 0.5) is 4.39 Å². The van der Waals surface area contributed by atoms with Gasteiger partial charge in [0.2, 0.25) is 0 Å². The molecule has 0 aliphatic heterocycles. The molecule has 1 rings (SSSR count). The van der Waals surface area contributed by atoms with Crippen molar-refractivity contribution < 1.29 is 13.9 Å². The molecule has 1 aromatic carbocycles. The number of hydrogen-bond acceptors (Lipinski definition) is 2. The third kappa shape index (κ3) is 5.55. The minimum atomic E-state index is -0.0196. The van der Waals surface area contributed by atoms with Crippen molar-refractivity contribution >= 4 is 5.78 Å². The van der Waals surface area contributed by atoms with Crippen LogP contribution in [-0.2, 0) is 0 Å². The quantitative estimate of drug-likeness (QED) is 0.688. The lowest BCUT2D eigenvalue weighted by Gasteiger charge is -2.16. The highest BCUT2D eigenvalue weighted by molar-refractivity contribution is 5.96. The zero-order valence-corrected chi connectivity index (χ0v) is 12.7. The van der Waals surface area contributed by atoms with Crippen LogP contribution in [0.2, 0.25) is 0 Å². The third-order valence-corrected chi connectivity index (χ3v) is 2.90. The second-order valence-electron chi connectivity index (χ2n) is 6.09. The number of ether oxygens (including phenoxy) is 1. The zero-order chi connectivity index (χ0) is 15.2. The van der Waals surface area contributed by atoms with Crippen LogP contribution in [0.5, 0.6) is 5.75 Å². The Labute approximate surface area is 120 Å². The molecule has 0 radical (unpaired) electrons. The summed E-state index contributed by atoms with van der Waals surface area (Å²) in [5, 5.41) is 0. The van der Waals surface area contributed by atoms with Crippen molar-refractivity contribution in [1.82, 2.24) is 0 Å². The van der Waals surface area contributed by atoms with E-state index >= 15 is 0 Å². The summed E-state index contributed by atoms with van der Waals surface area (Å²) in [4.78, 5) is 12.0. The third-order valence-electron chi connectivity index (χ3n) is 2.90. The predicted octanol–water partition coefficient (Wildman–Crippen LogP) is 4.95. The molecule has 0 aliphatic carbocycles. The van der Waals surface area contributed by atoms with Crippen LogP contribution in [-0.4, -0.2) is 12.4 Å². The molecule has 0 heterocycles. The fraction of sp³-hybridized carbons (Fsp3) is 0.471. The fourth-order valence-electron chi connectivity index (χ4n) is 1.71. The molecular weight excluding hydrogens is 255 g/mol. The van der Waals surface area contributed by atoms with Gasteiger partial charge in [0.25, 0.3) is 0 Å². The van der Waals surface area contributed by atoms with E-state index in [1.165, 1.54) is 0 Å². The monoisotopic (exact) mass is 278 g/mol. The molecule has 2 nitrogen and oxygen atoms in total. The van der Waals surface area contributed by atoms with Crippen LogP contribution in [0.1, 0.15) is 50.9 Å². The number of carbonyl (C=O) groups is 1. The van der Waals surface area contributed by atoms with Crippen molar-refractivity contribution in [3.8, 4) is 5.75 Å². The lowest BCUT2D eigenvalue weighted by molar-refractivity contribution is 0.0940. The first-order valence-corrected chi connectivity index (χ1v) is 6.90. The van der Waals surface area contributed by atoms with E-state index in [2.05, 4.69) is 0 Å². The van der Waals surface area contributed by atoms with Crippen molar-refractivity contribution in [1.29, 1.82) is 0 Å². The first-order valence-electron chi connectivity index (χ1n) is 6.90. The van der Waals surface area contributed by atoms with Gasteiger partial charge in [0.1, 0.15) is 12.4 Å². The van der Waals surface area contributed by atoms with Gasteiger partial charge in [-0.2, -0.15) is 0 Å². The van der Waals surface area contributed by atoms with Crippen LogP contribution < -0.4 is 4.74 Å². The number of halogens is 1. The van der Waals surface area contributed by atoms with Crippen molar-refractivity contribution in [3.05, 3.63) is 41.7 Å². The van der Waals surface area contributed by atoms with Gasteiger partial charge in [0, 0.05) is 12.0 Å². The highest BCUT2D eigenvalue weighted by atomic mass is 19.1. The SMILES string of the molecule is CC/C(=C/F)COc1ccc(C(=O)CC(C)(C)C)cc1. The van der Waals surface area contributed by atoms with E-state index in [1.807, 2.05) is 27.7 Å². The van der Waals surface area contributed by atoms with E-state index in [0.29, 0.717) is 36.1 Å². The molecule has 0 bridgehead atoms. The summed E-state index contributed by atoms with van der Waals surface area (Å²) >= 11 is 0. The van der Waals surface area contributed by atoms with Crippen LogP contribution in [0.15, 0.2) is 36.2 Å². The average Bonchev–Trinajstić information content (AvgIpc) is 2.38. The topological polar surface area (TPSA) is 26.3 Å². The summed E-state index contributed by atoms with van der Waals surface area (Å²) in [6.45, 7) is 8.24. The van der Waals surface area contributed by atoms with E-state index in [4.69, 9.17) is 4.74 Å². The molecule has 1 aromatic rings. The fourth-order valence-corrected chi connectivity index (χ4v) is 1.71. The van der Waals surface area contributed by atoms with Crippen molar-refractivity contribution in [2.24, 2.45) is 5.41 Å². The smallest absolute Gasteiger partial charge is 0.163 e. The average molecular weight is 278 g/mol. The first-order chi connectivity index (χ1) is 9.35. The largest absolute Gasteiger partial charge is 0.489 e. The summed E-state index contributed by atoms with van der Waals surface area (Å²) in [6.07, 6.45) is 1.72. The molecule has 0 saturated carbocycles. The lowest BCUT2D eigenvalue weighted by atomic mass is 9.88. The summed E-state index contributed by atoms with van der Waals surface area (Å²) in [5.74, 6) is 0.770. The van der Waals surface area contributed by atoms with Gasteiger partial charge in [0.15, 0.2) is 5.78 Å². The highest BCUT2D eigenvalue weighted by Gasteiger charge is 2.17. The van der Waals surface area contributed by atoms with Crippen LogP contribution in [0, 0.1) is 5.41 Å². The number of Topliss-reactive ketones (excluding diaryl/α,β-unsaturated/α-hetero) is 1. The Morgan fingerprint density at radius 2 is 1.85 bits per heavy atom. The van der Waals surface area contributed by atoms with Crippen molar-refractivity contribution in [2.45, 2.75) is 40.5 Å². The molecule has 0 aromatic heterocycles. The number of hydrogen-bond donors (Lipinski definition) is 0. The predicted molar refractivity (Wildman–Crippen MR) is 79.8 cm³/mol. The van der Waals surface area contributed by atoms with Gasteiger partial charge in [-0.3, -0.25) is 4.79 Å². The number of carbonyl (C=O) groups excluding carboxylic acids is 1. The van der Waals surface area contributed by atoms with Crippen LogP contribution >= 0.6 is 0 Å². The van der Waals surface area contributed by atoms with Crippen LogP contribution in [0.25, 0.3) is 0 Å². The van der Waals surface area contributed by atoms with Crippen molar-refractivity contribution in [2.75, 3.05) is 6.61 Å². The van der Waals surface area contributed by atoms with E-state index in [9.17, 15) is 9.18 Å². The van der Waals surface area contributed by atoms with E-state index < -0.39 is 0 Å². The molecule has 0 N–H and O–H groups in total. The molecule has 110 valence electrons. The maximum atomic E-state index is 12.4. The standard InChI is InChI=1S/C17H23FO2/c1-5-13(11-18)12-20-15-8-6-14(7-9-15)16(19)10-17(2,3)4/h6-9,11H,5,10,12H2,1-4H3/b13-11-. The van der Waals surface area contributed by atoms with E-state index in [0.717, 1.165) is 0 Å². The van der Waals surface area contributed by atoms with E-state index in [1.54, 1.807) is 24.3 Å². The Morgan fingerprint density at radius 1 is 1.25 bits per heavy atom. The normalized spacial score (nSPS) is 12.3. The molecule has 20 heavy (non-hydrogen) atoms. The molecule has 0 unspecified atom stereocenters. The summed E-state index contributed by atoms with van der Waals surface area (Å²) in [6, 6.07) is 7.02. The van der Waals surface area contributed by atoms with Gasteiger partial charge in [-0.1, -0.05) is 27.7 Å². The highest BCUT2D eigenvalue weighted by Crippen LogP contribution is 2.22. The summed E-state index contributed by atoms with van der Waals surface area (Å²) < 4.78 is 17.9. The summed E-state index contributed by atoms with van der Waals surface area (Å²) in [7, 11) is 0. The molecule has 0 fully saturated rings. The Balaban J connectivity index is 2.63. The Morgan fingerprint density at radius 3 is 2.30 bits per heavy atom. The minimum Gasteiger partial charge on any atom is -0.489 e. The minimum absolute atomic E-state index is 0.0196. The maximum Gasteiger partial charge on any atom is 0.163 e. The number of rotatable bonds is 6. The second-order valence-corrected chi connectivity index (χ2v) is 6.09. The van der Waals surface area contributed by atoms with Gasteiger partial charge < -0.3 is 4.74 Å². The van der Waals surface area contributed by atoms with Gasteiger partial charge in [0.05, 0.1) is 6.33 Å². The molecule has 0 saturated heterocycles. The Kier molecular flexibility index (Phi) is 5.93. The molecule has 0 aliphatic rings. The van der Waals surface area contributed by atoms with Gasteiger partial charge in [-0.25, -0.2) is 4.39 Å². The maximum absolute atomic E-state index is 12.4. The number of ketones is 1. The van der Waals surface area contributed by atoms with Gasteiger partial charge in [-0.15, -0.1) is 0 Å². The molecule has 0 atom stereocenters. The van der Waals surface area contributed by atoms with Crippen LogP contribution in [0.3, 0.4) is 0 Å². The summed E-state index contributed by atoms with van der Waals surface area (Å²) in [5.41, 5.74) is 1.27. The molecule has 3 heteroatoms. The lowest BCUT2D eigenvalue weighted by Crippen LogP contribution is -2.13. The van der Waals surface area contributed by atoms with Crippen molar-refractivity contribution in [3.63, 3.8) is 0 Å².